The Morgan fingerprint density at radius 2 is 1.92 bits per heavy atom. The van der Waals surface area contributed by atoms with Crippen LogP contribution in [0.1, 0.15) is 30.7 Å². The summed E-state index contributed by atoms with van der Waals surface area (Å²) in [6, 6.07) is 0. The minimum absolute atomic E-state index is 0.0259. The Bertz CT molecular complexity index is 861. The number of likely N-dealkylation sites (tertiary alicyclic amines) is 1. The minimum atomic E-state index is -0.0259. The molecule has 1 amide bonds. The number of carbonyl (C=O) groups excluding carboxylic acids is 1. The maximum atomic E-state index is 12.6. The maximum Gasteiger partial charge on any atom is 0.262 e. The number of piperidine rings is 1. The lowest BCUT2D eigenvalue weighted by atomic mass is 9.92. The highest BCUT2D eigenvalue weighted by Crippen LogP contribution is 2.28. The number of hydrogen-bond donors (Lipinski definition) is 0. The van der Waals surface area contributed by atoms with Gasteiger partial charge in [-0.15, -0.1) is 11.3 Å². The molecule has 0 bridgehead atoms. The molecule has 1 saturated heterocycles. The molecule has 3 heterocycles. The maximum absolute atomic E-state index is 12.6. The van der Waals surface area contributed by atoms with Gasteiger partial charge in [0.2, 0.25) is 5.91 Å². The first-order valence-electron chi connectivity index (χ1n) is 8.65. The smallest absolute Gasteiger partial charge is 0.262 e. The highest BCUT2D eigenvalue weighted by molar-refractivity contribution is 7.99. The molecule has 7 heteroatoms. The van der Waals surface area contributed by atoms with E-state index in [4.69, 9.17) is 0 Å². The number of aromatic nitrogens is 2. The normalized spacial score (nSPS) is 21.1. The fourth-order valence-corrected chi connectivity index (χ4v) is 5.51. The van der Waals surface area contributed by atoms with Crippen molar-refractivity contribution in [3.63, 3.8) is 0 Å². The number of rotatable bonds is 3. The van der Waals surface area contributed by atoms with Crippen LogP contribution >= 0.6 is 23.1 Å². The molecule has 25 heavy (non-hydrogen) atoms. The SMILES string of the molecule is Cc1sc2nc(SCC(=O)N3CC(C)CC(C)C3)n(C)c(=O)c2c1C. The van der Waals surface area contributed by atoms with Gasteiger partial charge >= 0.3 is 0 Å². The van der Waals surface area contributed by atoms with Gasteiger partial charge in [-0.25, -0.2) is 4.98 Å². The van der Waals surface area contributed by atoms with Crippen LogP contribution in [-0.2, 0) is 11.8 Å². The molecule has 0 aromatic carbocycles. The standard InChI is InChI=1S/C18H25N3O2S2/c1-10-6-11(2)8-21(7-10)14(22)9-24-18-19-16-15(17(23)20(18)5)12(3)13(4)25-16/h10-11H,6-9H2,1-5H3. The lowest BCUT2D eigenvalue weighted by Crippen LogP contribution is -2.43. The van der Waals surface area contributed by atoms with E-state index in [1.54, 1.807) is 23.0 Å². The van der Waals surface area contributed by atoms with E-state index in [1.165, 1.54) is 18.2 Å². The van der Waals surface area contributed by atoms with Crippen LogP contribution in [0.25, 0.3) is 10.2 Å². The summed E-state index contributed by atoms with van der Waals surface area (Å²) < 4.78 is 1.57. The van der Waals surface area contributed by atoms with Gasteiger partial charge in [-0.2, -0.15) is 0 Å². The van der Waals surface area contributed by atoms with E-state index < -0.39 is 0 Å². The van der Waals surface area contributed by atoms with Crippen LogP contribution in [0.5, 0.6) is 0 Å². The van der Waals surface area contributed by atoms with Crippen molar-refractivity contribution in [2.45, 2.75) is 39.3 Å². The Labute approximate surface area is 156 Å². The summed E-state index contributed by atoms with van der Waals surface area (Å²) in [6.07, 6.45) is 1.18. The Morgan fingerprint density at radius 1 is 1.28 bits per heavy atom. The third kappa shape index (κ3) is 3.62. The number of aryl methyl sites for hydroxylation is 2. The lowest BCUT2D eigenvalue weighted by molar-refractivity contribution is -0.130. The van der Waals surface area contributed by atoms with Crippen molar-refractivity contribution in [1.82, 2.24) is 14.5 Å². The van der Waals surface area contributed by atoms with E-state index in [2.05, 4.69) is 18.8 Å². The molecule has 0 N–H and O–H groups in total. The number of amides is 1. The van der Waals surface area contributed by atoms with Gasteiger partial charge in [0.05, 0.1) is 11.1 Å². The van der Waals surface area contributed by atoms with Gasteiger partial charge in [0, 0.05) is 25.0 Å². The van der Waals surface area contributed by atoms with Crippen LogP contribution in [0.4, 0.5) is 0 Å². The fourth-order valence-electron chi connectivity index (χ4n) is 3.57. The van der Waals surface area contributed by atoms with Crippen molar-refractivity contribution < 1.29 is 4.79 Å². The fraction of sp³-hybridized carbons (Fsp3) is 0.611. The molecule has 2 aromatic rings. The quantitative estimate of drug-likeness (QED) is 0.607. The molecule has 0 radical (unpaired) electrons. The van der Waals surface area contributed by atoms with Crippen LogP contribution in [-0.4, -0.2) is 39.2 Å². The topological polar surface area (TPSA) is 55.2 Å². The number of carbonyl (C=O) groups is 1. The van der Waals surface area contributed by atoms with Crippen LogP contribution in [0.15, 0.2) is 9.95 Å². The molecular weight excluding hydrogens is 354 g/mol. The molecule has 136 valence electrons. The third-order valence-electron chi connectivity index (χ3n) is 4.92. The first-order valence-corrected chi connectivity index (χ1v) is 10.5. The van der Waals surface area contributed by atoms with Gasteiger partial charge in [-0.3, -0.25) is 14.2 Å². The number of thioether (sulfide) groups is 1. The Balaban J connectivity index is 1.78. The molecule has 3 rings (SSSR count). The number of thiophene rings is 1. The summed E-state index contributed by atoms with van der Waals surface area (Å²) >= 11 is 2.91. The van der Waals surface area contributed by atoms with E-state index in [-0.39, 0.29) is 11.5 Å². The summed E-state index contributed by atoms with van der Waals surface area (Å²) in [4.78, 5) is 33.7. The van der Waals surface area contributed by atoms with E-state index in [0.29, 0.717) is 28.1 Å². The zero-order valence-corrected chi connectivity index (χ0v) is 17.1. The number of hydrogen-bond acceptors (Lipinski definition) is 5. The van der Waals surface area contributed by atoms with E-state index >= 15 is 0 Å². The second-order valence-electron chi connectivity index (χ2n) is 7.26. The largest absolute Gasteiger partial charge is 0.341 e. The van der Waals surface area contributed by atoms with Crippen molar-refractivity contribution in [2.24, 2.45) is 18.9 Å². The van der Waals surface area contributed by atoms with Gasteiger partial charge in [-0.05, 0) is 37.7 Å². The predicted octanol–water partition coefficient (Wildman–Crippen LogP) is 3.21. The molecule has 0 aliphatic carbocycles. The number of nitrogens with zero attached hydrogens (tertiary/aromatic N) is 3. The summed E-state index contributed by atoms with van der Waals surface area (Å²) in [5, 5.41) is 1.32. The molecule has 1 aliphatic heterocycles. The van der Waals surface area contributed by atoms with Crippen molar-refractivity contribution in [1.29, 1.82) is 0 Å². The van der Waals surface area contributed by atoms with Crippen molar-refractivity contribution in [2.75, 3.05) is 18.8 Å². The Hall–Kier alpha value is -1.34. The van der Waals surface area contributed by atoms with Gasteiger partial charge in [0.25, 0.3) is 5.56 Å². The molecule has 1 fully saturated rings. The van der Waals surface area contributed by atoms with Gasteiger partial charge < -0.3 is 4.90 Å². The first kappa shape index (κ1) is 18.5. The molecule has 2 aromatic heterocycles. The molecule has 0 saturated carbocycles. The second-order valence-corrected chi connectivity index (χ2v) is 9.40. The zero-order valence-electron chi connectivity index (χ0n) is 15.5. The van der Waals surface area contributed by atoms with E-state index in [9.17, 15) is 9.59 Å². The molecular formula is C18H25N3O2S2. The van der Waals surface area contributed by atoms with Crippen molar-refractivity contribution >= 4 is 39.2 Å². The molecule has 5 nitrogen and oxygen atoms in total. The summed E-state index contributed by atoms with van der Waals surface area (Å²) in [5.74, 6) is 1.56. The van der Waals surface area contributed by atoms with E-state index in [0.717, 1.165) is 28.4 Å². The highest BCUT2D eigenvalue weighted by atomic mass is 32.2. The monoisotopic (exact) mass is 379 g/mol. The van der Waals surface area contributed by atoms with Crippen LogP contribution in [0, 0.1) is 25.7 Å². The van der Waals surface area contributed by atoms with E-state index in [1.807, 2.05) is 18.7 Å². The van der Waals surface area contributed by atoms with Gasteiger partial charge in [-0.1, -0.05) is 25.6 Å². The zero-order chi connectivity index (χ0) is 18.3. The average Bonchev–Trinajstić information content (AvgIpc) is 2.83. The van der Waals surface area contributed by atoms with Gasteiger partial charge in [0.1, 0.15) is 4.83 Å². The Kier molecular flexibility index (Phi) is 5.25. The molecule has 2 unspecified atom stereocenters. The predicted molar refractivity (Wildman–Crippen MR) is 105 cm³/mol. The summed E-state index contributed by atoms with van der Waals surface area (Å²) in [6.45, 7) is 10.0. The Morgan fingerprint density at radius 3 is 2.56 bits per heavy atom. The van der Waals surface area contributed by atoms with Crippen molar-refractivity contribution in [3.8, 4) is 0 Å². The third-order valence-corrected chi connectivity index (χ3v) is 7.03. The molecule has 1 aliphatic rings. The molecule has 0 spiro atoms. The van der Waals surface area contributed by atoms with Crippen LogP contribution in [0.2, 0.25) is 0 Å². The average molecular weight is 380 g/mol. The van der Waals surface area contributed by atoms with Crippen LogP contribution in [0.3, 0.4) is 0 Å². The highest BCUT2D eigenvalue weighted by Gasteiger charge is 2.25. The van der Waals surface area contributed by atoms with Crippen molar-refractivity contribution in [3.05, 3.63) is 20.8 Å². The number of fused-ring (bicyclic) bond motifs is 1. The lowest BCUT2D eigenvalue weighted by Gasteiger charge is -2.35. The summed E-state index contributed by atoms with van der Waals surface area (Å²) in [5.41, 5.74) is 0.985. The first-order chi connectivity index (χ1) is 11.8. The van der Waals surface area contributed by atoms with Crippen LogP contribution < -0.4 is 5.56 Å². The second kappa shape index (κ2) is 7.11. The molecule has 2 atom stereocenters. The summed E-state index contributed by atoms with van der Waals surface area (Å²) in [7, 11) is 1.74. The van der Waals surface area contributed by atoms with Gasteiger partial charge in [0.15, 0.2) is 5.16 Å². The minimum Gasteiger partial charge on any atom is -0.341 e.